The molecular weight excluding hydrogens is 356 g/mol. The standard InChI is InChI=1S/C19H19ClN2O2S/c1-24-10-9-21-11-14-7-8-22(19(23)16-5-6-17(20)25-16)12-13-3-2-4-15(21)18(13)14/h2-6,11H,7-10,12H2,1H3. The zero-order valence-corrected chi connectivity index (χ0v) is 15.6. The second-order valence-corrected chi connectivity index (χ2v) is 7.95. The summed E-state index contributed by atoms with van der Waals surface area (Å²) < 4.78 is 8.13. The molecule has 0 bridgehead atoms. The predicted octanol–water partition coefficient (Wildman–Crippen LogP) is 4.20. The Bertz CT molecular complexity index is 931. The molecule has 3 aromatic rings. The van der Waals surface area contributed by atoms with Crippen LogP contribution in [0.3, 0.4) is 0 Å². The summed E-state index contributed by atoms with van der Waals surface area (Å²) >= 11 is 7.33. The van der Waals surface area contributed by atoms with Crippen LogP contribution in [0.4, 0.5) is 0 Å². The Kier molecular flexibility index (Phi) is 4.54. The van der Waals surface area contributed by atoms with E-state index in [1.807, 2.05) is 11.0 Å². The molecule has 0 unspecified atom stereocenters. The van der Waals surface area contributed by atoms with Crippen LogP contribution in [0.5, 0.6) is 0 Å². The van der Waals surface area contributed by atoms with Gasteiger partial charge in [0.25, 0.3) is 5.91 Å². The molecule has 0 radical (unpaired) electrons. The van der Waals surface area contributed by atoms with E-state index >= 15 is 0 Å². The third-order valence-electron chi connectivity index (χ3n) is 4.69. The molecule has 0 fully saturated rings. The van der Waals surface area contributed by atoms with E-state index in [1.165, 1.54) is 33.4 Å². The van der Waals surface area contributed by atoms with E-state index < -0.39 is 0 Å². The maximum absolute atomic E-state index is 12.8. The van der Waals surface area contributed by atoms with Crippen molar-refractivity contribution >= 4 is 39.7 Å². The number of ether oxygens (including phenoxy) is 1. The fourth-order valence-corrected chi connectivity index (χ4v) is 4.52. The lowest BCUT2D eigenvalue weighted by atomic mass is 10.1. The van der Waals surface area contributed by atoms with Gasteiger partial charge in [0.15, 0.2) is 0 Å². The van der Waals surface area contributed by atoms with Gasteiger partial charge in [0.1, 0.15) is 0 Å². The van der Waals surface area contributed by atoms with Crippen LogP contribution in [0.2, 0.25) is 4.34 Å². The van der Waals surface area contributed by atoms with Crippen LogP contribution in [-0.4, -0.2) is 35.6 Å². The van der Waals surface area contributed by atoms with E-state index in [-0.39, 0.29) is 5.91 Å². The van der Waals surface area contributed by atoms with Gasteiger partial charge < -0.3 is 14.2 Å². The highest BCUT2D eigenvalue weighted by Crippen LogP contribution is 2.31. The largest absolute Gasteiger partial charge is 0.383 e. The van der Waals surface area contributed by atoms with Gasteiger partial charge in [0, 0.05) is 43.8 Å². The second-order valence-electron chi connectivity index (χ2n) is 6.23. The Morgan fingerprint density at radius 3 is 2.92 bits per heavy atom. The van der Waals surface area contributed by atoms with E-state index in [1.54, 1.807) is 13.2 Å². The number of carbonyl (C=O) groups is 1. The molecule has 25 heavy (non-hydrogen) atoms. The van der Waals surface area contributed by atoms with Crippen LogP contribution in [-0.2, 0) is 24.2 Å². The summed E-state index contributed by atoms with van der Waals surface area (Å²) in [6.45, 7) is 2.88. The Hall–Kier alpha value is -1.82. The molecule has 0 aliphatic carbocycles. The van der Waals surface area contributed by atoms with Crippen LogP contribution < -0.4 is 0 Å². The summed E-state index contributed by atoms with van der Waals surface area (Å²) in [4.78, 5) is 15.5. The van der Waals surface area contributed by atoms with E-state index in [0.717, 1.165) is 13.0 Å². The SMILES string of the molecule is COCCn1cc2c3c(cccc31)CN(C(=O)c1ccc(Cl)s1)CC2. The highest BCUT2D eigenvalue weighted by Gasteiger charge is 2.24. The molecular formula is C19H19ClN2O2S. The third kappa shape index (κ3) is 3.08. The number of nitrogens with zero attached hydrogens (tertiary/aromatic N) is 2. The van der Waals surface area contributed by atoms with Gasteiger partial charge in [-0.05, 0) is 35.7 Å². The number of carbonyl (C=O) groups excluding carboxylic acids is 1. The number of benzene rings is 1. The number of hydrogen-bond donors (Lipinski definition) is 0. The predicted molar refractivity (Wildman–Crippen MR) is 102 cm³/mol. The van der Waals surface area contributed by atoms with Gasteiger partial charge >= 0.3 is 0 Å². The van der Waals surface area contributed by atoms with Crippen molar-refractivity contribution in [3.63, 3.8) is 0 Å². The highest BCUT2D eigenvalue weighted by molar-refractivity contribution is 7.17. The lowest BCUT2D eigenvalue weighted by Gasteiger charge is -2.20. The van der Waals surface area contributed by atoms with Gasteiger partial charge in [-0.15, -0.1) is 11.3 Å². The lowest BCUT2D eigenvalue weighted by Crippen LogP contribution is -2.31. The summed E-state index contributed by atoms with van der Waals surface area (Å²) in [6.07, 6.45) is 3.07. The van der Waals surface area contributed by atoms with E-state index in [9.17, 15) is 4.79 Å². The number of methoxy groups -OCH3 is 1. The van der Waals surface area contributed by atoms with Crippen molar-refractivity contribution < 1.29 is 9.53 Å². The summed E-state index contributed by atoms with van der Waals surface area (Å²) in [5.41, 5.74) is 3.73. The number of aromatic nitrogens is 1. The molecule has 0 atom stereocenters. The summed E-state index contributed by atoms with van der Waals surface area (Å²) in [6, 6.07) is 9.94. The van der Waals surface area contributed by atoms with E-state index in [4.69, 9.17) is 16.3 Å². The number of thiophene rings is 1. The van der Waals surface area contributed by atoms with Gasteiger partial charge in [0.05, 0.1) is 15.8 Å². The van der Waals surface area contributed by atoms with Crippen molar-refractivity contribution in [2.24, 2.45) is 0 Å². The molecule has 1 amide bonds. The Morgan fingerprint density at radius 2 is 2.16 bits per heavy atom. The van der Waals surface area contributed by atoms with E-state index in [0.29, 0.717) is 28.9 Å². The van der Waals surface area contributed by atoms with Gasteiger partial charge in [-0.1, -0.05) is 23.7 Å². The zero-order valence-electron chi connectivity index (χ0n) is 14.0. The molecule has 6 heteroatoms. The Balaban J connectivity index is 1.68. The number of amides is 1. The molecule has 3 heterocycles. The summed E-state index contributed by atoms with van der Waals surface area (Å²) in [7, 11) is 1.72. The Labute approximate surface area is 155 Å². The molecule has 130 valence electrons. The normalized spacial score (nSPS) is 14.1. The Morgan fingerprint density at radius 1 is 1.28 bits per heavy atom. The number of hydrogen-bond acceptors (Lipinski definition) is 3. The third-order valence-corrected chi connectivity index (χ3v) is 5.91. The number of halogens is 1. The minimum atomic E-state index is 0.0614. The van der Waals surface area contributed by atoms with Crippen molar-refractivity contribution in [3.05, 3.63) is 56.9 Å². The minimum absolute atomic E-state index is 0.0614. The number of rotatable bonds is 4. The van der Waals surface area contributed by atoms with Crippen molar-refractivity contribution in [2.45, 2.75) is 19.5 Å². The first kappa shape index (κ1) is 16.6. The molecule has 2 aromatic heterocycles. The van der Waals surface area contributed by atoms with Crippen molar-refractivity contribution in [1.82, 2.24) is 9.47 Å². The summed E-state index contributed by atoms with van der Waals surface area (Å²) in [5.74, 6) is 0.0614. The molecule has 0 spiro atoms. The average Bonchev–Trinajstić information content (AvgIpc) is 3.14. The first-order chi connectivity index (χ1) is 12.2. The van der Waals surface area contributed by atoms with Gasteiger partial charge in [-0.2, -0.15) is 0 Å². The zero-order chi connectivity index (χ0) is 17.4. The van der Waals surface area contributed by atoms with Crippen molar-refractivity contribution in [2.75, 3.05) is 20.3 Å². The van der Waals surface area contributed by atoms with Crippen LogP contribution in [0, 0.1) is 0 Å². The van der Waals surface area contributed by atoms with Crippen molar-refractivity contribution in [1.29, 1.82) is 0 Å². The molecule has 0 N–H and O–H groups in total. The van der Waals surface area contributed by atoms with Crippen LogP contribution >= 0.6 is 22.9 Å². The maximum Gasteiger partial charge on any atom is 0.264 e. The van der Waals surface area contributed by atoms with Crippen LogP contribution in [0.15, 0.2) is 36.5 Å². The molecule has 0 saturated carbocycles. The van der Waals surface area contributed by atoms with Crippen molar-refractivity contribution in [3.8, 4) is 0 Å². The first-order valence-corrected chi connectivity index (χ1v) is 9.50. The molecule has 1 aliphatic heterocycles. The van der Waals surface area contributed by atoms with E-state index in [2.05, 4.69) is 29.0 Å². The monoisotopic (exact) mass is 374 g/mol. The van der Waals surface area contributed by atoms with Gasteiger partial charge in [-0.3, -0.25) is 4.79 Å². The quantitative estimate of drug-likeness (QED) is 0.685. The first-order valence-electron chi connectivity index (χ1n) is 8.30. The fraction of sp³-hybridized carbons (Fsp3) is 0.316. The molecule has 4 nitrogen and oxygen atoms in total. The minimum Gasteiger partial charge on any atom is -0.383 e. The molecule has 4 rings (SSSR count). The highest BCUT2D eigenvalue weighted by atomic mass is 35.5. The average molecular weight is 375 g/mol. The maximum atomic E-state index is 12.8. The molecule has 0 saturated heterocycles. The van der Waals surface area contributed by atoms with Crippen LogP contribution in [0.25, 0.3) is 10.9 Å². The second kappa shape index (κ2) is 6.83. The van der Waals surface area contributed by atoms with Gasteiger partial charge in [-0.25, -0.2) is 0 Å². The lowest BCUT2D eigenvalue weighted by molar-refractivity contribution is 0.0752. The van der Waals surface area contributed by atoms with Gasteiger partial charge in [0.2, 0.25) is 0 Å². The molecule has 1 aliphatic rings. The van der Waals surface area contributed by atoms with Crippen LogP contribution in [0.1, 0.15) is 20.8 Å². The molecule has 1 aromatic carbocycles. The smallest absolute Gasteiger partial charge is 0.264 e. The topological polar surface area (TPSA) is 34.5 Å². The fourth-order valence-electron chi connectivity index (χ4n) is 3.51. The summed E-state index contributed by atoms with van der Waals surface area (Å²) in [5, 5.41) is 1.29.